The Kier molecular flexibility index (Phi) is 2.56. The first kappa shape index (κ1) is 10.9. The quantitative estimate of drug-likeness (QED) is 0.805. The predicted molar refractivity (Wildman–Crippen MR) is 48.5 cm³/mol. The molecule has 0 aliphatic carbocycles. The molecule has 1 aromatic heterocycles. The Hall–Kier alpha value is -1.60. The second kappa shape index (κ2) is 3.76. The Bertz CT molecular complexity index is 374. The van der Waals surface area contributed by atoms with Crippen molar-refractivity contribution >= 4 is 5.91 Å². The number of hydrogen-bond donors (Lipinski definition) is 1. The molecule has 1 unspecified atom stereocenters. The first-order valence-corrected chi connectivity index (χ1v) is 4.92. The molecule has 1 fully saturated rings. The molecule has 0 spiro atoms. The summed E-state index contributed by atoms with van der Waals surface area (Å²) in [7, 11) is 0. The van der Waals surface area contributed by atoms with Gasteiger partial charge in [0, 0.05) is 13.5 Å². The number of hydrogen-bond acceptors (Lipinski definition) is 4. The topological polar surface area (TPSA) is 74.8 Å². The molecule has 1 aliphatic heterocycles. The molecule has 88 valence electrons. The van der Waals surface area contributed by atoms with E-state index in [0.717, 1.165) is 4.90 Å². The number of carbonyl (C=O) groups excluding carboxylic acids is 1. The lowest BCUT2D eigenvalue weighted by molar-refractivity contribution is -0.156. The third-order valence-electron chi connectivity index (χ3n) is 2.55. The maximum absolute atomic E-state index is 12.9. The second-order valence-corrected chi connectivity index (χ2v) is 3.81. The van der Waals surface area contributed by atoms with Gasteiger partial charge in [-0.2, -0.15) is 14.0 Å². The van der Waals surface area contributed by atoms with Crippen molar-refractivity contribution in [3.8, 4) is 0 Å². The summed E-state index contributed by atoms with van der Waals surface area (Å²) in [5.41, 5.74) is 0. The van der Waals surface area contributed by atoms with Crippen LogP contribution in [-0.4, -0.2) is 43.9 Å². The lowest BCUT2D eigenvalue weighted by atomic mass is 10.2. The number of aromatic amines is 1. The SMILES string of the molecule is CC(F)(F)C(=O)N1CCCC1c1nn[nH]n1. The molecule has 0 aromatic carbocycles. The summed E-state index contributed by atoms with van der Waals surface area (Å²) in [6, 6.07) is -0.489. The van der Waals surface area contributed by atoms with Crippen LogP contribution in [0.15, 0.2) is 0 Å². The van der Waals surface area contributed by atoms with Gasteiger partial charge in [0.1, 0.15) is 0 Å². The molecule has 2 rings (SSSR count). The van der Waals surface area contributed by atoms with E-state index in [4.69, 9.17) is 0 Å². The average Bonchev–Trinajstić information content (AvgIpc) is 2.85. The monoisotopic (exact) mass is 231 g/mol. The standard InChI is InChI=1S/C8H11F2N5O/c1-8(9,10)7(16)15-4-2-3-5(15)6-11-13-14-12-6/h5H,2-4H2,1H3,(H,11,12,13,14). The van der Waals surface area contributed by atoms with Crippen molar-refractivity contribution in [3.05, 3.63) is 5.82 Å². The van der Waals surface area contributed by atoms with Crippen molar-refractivity contribution in [1.82, 2.24) is 25.5 Å². The zero-order chi connectivity index (χ0) is 11.8. The van der Waals surface area contributed by atoms with Gasteiger partial charge in [-0.3, -0.25) is 4.79 Å². The molecule has 0 saturated carbocycles. The number of alkyl halides is 2. The summed E-state index contributed by atoms with van der Waals surface area (Å²) >= 11 is 0. The van der Waals surface area contributed by atoms with Crippen molar-refractivity contribution in [2.24, 2.45) is 0 Å². The molecule has 0 radical (unpaired) electrons. The molecule has 16 heavy (non-hydrogen) atoms. The smallest absolute Gasteiger partial charge is 0.322 e. The van der Waals surface area contributed by atoms with E-state index in [1.54, 1.807) is 0 Å². The van der Waals surface area contributed by atoms with Gasteiger partial charge in [0.2, 0.25) is 0 Å². The number of tetrazole rings is 1. The van der Waals surface area contributed by atoms with Crippen molar-refractivity contribution < 1.29 is 13.6 Å². The number of nitrogens with one attached hydrogen (secondary N) is 1. The molecule has 0 bridgehead atoms. The molecule has 1 N–H and O–H groups in total. The van der Waals surface area contributed by atoms with Crippen LogP contribution in [-0.2, 0) is 4.79 Å². The van der Waals surface area contributed by atoms with E-state index in [-0.39, 0.29) is 5.82 Å². The van der Waals surface area contributed by atoms with Gasteiger partial charge in [0.25, 0.3) is 5.91 Å². The lowest BCUT2D eigenvalue weighted by Gasteiger charge is -2.24. The number of nitrogens with zero attached hydrogens (tertiary/aromatic N) is 4. The van der Waals surface area contributed by atoms with Crippen molar-refractivity contribution in [3.63, 3.8) is 0 Å². The van der Waals surface area contributed by atoms with Crippen molar-refractivity contribution in [1.29, 1.82) is 0 Å². The Balaban J connectivity index is 2.19. The van der Waals surface area contributed by atoms with E-state index in [2.05, 4.69) is 20.6 Å². The molecule has 1 amide bonds. The molecule has 2 heterocycles. The predicted octanol–water partition coefficient (Wildman–Crippen LogP) is 0.518. The summed E-state index contributed by atoms with van der Waals surface area (Å²) in [6.45, 7) is 0.905. The Morgan fingerprint density at radius 2 is 2.38 bits per heavy atom. The summed E-state index contributed by atoms with van der Waals surface area (Å²) in [6.07, 6.45) is 1.25. The normalized spacial score (nSPS) is 21.4. The van der Waals surface area contributed by atoms with E-state index in [9.17, 15) is 13.6 Å². The average molecular weight is 231 g/mol. The van der Waals surface area contributed by atoms with Crippen LogP contribution < -0.4 is 0 Å². The number of likely N-dealkylation sites (tertiary alicyclic amines) is 1. The van der Waals surface area contributed by atoms with Crippen molar-refractivity contribution in [2.45, 2.75) is 31.7 Å². The Morgan fingerprint density at radius 1 is 1.62 bits per heavy atom. The van der Waals surface area contributed by atoms with Gasteiger partial charge in [-0.15, -0.1) is 10.2 Å². The van der Waals surface area contributed by atoms with E-state index < -0.39 is 17.9 Å². The van der Waals surface area contributed by atoms with Crippen LogP contribution in [0.25, 0.3) is 0 Å². The van der Waals surface area contributed by atoms with Gasteiger partial charge >= 0.3 is 5.92 Å². The minimum Gasteiger partial charge on any atom is -0.327 e. The number of carbonyl (C=O) groups is 1. The zero-order valence-electron chi connectivity index (χ0n) is 8.65. The highest BCUT2D eigenvalue weighted by atomic mass is 19.3. The lowest BCUT2D eigenvalue weighted by Crippen LogP contribution is -2.41. The summed E-state index contributed by atoms with van der Waals surface area (Å²) in [5.74, 6) is -4.25. The summed E-state index contributed by atoms with van der Waals surface area (Å²) < 4.78 is 25.9. The number of amides is 1. The highest BCUT2D eigenvalue weighted by molar-refractivity contribution is 5.83. The maximum Gasteiger partial charge on any atom is 0.322 e. The highest BCUT2D eigenvalue weighted by Gasteiger charge is 2.42. The highest BCUT2D eigenvalue weighted by Crippen LogP contribution is 2.32. The Morgan fingerprint density at radius 3 is 2.94 bits per heavy atom. The molecule has 1 aromatic rings. The van der Waals surface area contributed by atoms with Gasteiger partial charge in [-0.25, -0.2) is 0 Å². The fourth-order valence-corrected chi connectivity index (χ4v) is 1.84. The third kappa shape index (κ3) is 1.86. The van der Waals surface area contributed by atoms with E-state index >= 15 is 0 Å². The minimum atomic E-state index is -3.35. The molecule has 1 atom stereocenters. The molecular formula is C8H11F2N5O. The van der Waals surface area contributed by atoms with Crippen molar-refractivity contribution in [2.75, 3.05) is 6.54 Å². The van der Waals surface area contributed by atoms with Crippen LogP contribution in [0.3, 0.4) is 0 Å². The number of aromatic nitrogens is 4. The maximum atomic E-state index is 12.9. The molecule has 6 nitrogen and oxygen atoms in total. The van der Waals surface area contributed by atoms with Crippen LogP contribution in [0.5, 0.6) is 0 Å². The Labute approximate surface area is 90.0 Å². The van der Waals surface area contributed by atoms with E-state index in [0.29, 0.717) is 26.3 Å². The molecule has 8 heteroatoms. The van der Waals surface area contributed by atoms with Gasteiger partial charge in [-0.05, 0) is 12.8 Å². The molecular weight excluding hydrogens is 220 g/mol. The first-order valence-electron chi connectivity index (χ1n) is 4.92. The van der Waals surface area contributed by atoms with Gasteiger partial charge in [-0.1, -0.05) is 5.21 Å². The molecule has 1 aliphatic rings. The number of halogens is 2. The van der Waals surface area contributed by atoms with Crippen LogP contribution in [0.2, 0.25) is 0 Å². The largest absolute Gasteiger partial charge is 0.327 e. The fraction of sp³-hybridized carbons (Fsp3) is 0.750. The van der Waals surface area contributed by atoms with Gasteiger partial charge < -0.3 is 4.90 Å². The molecule has 1 saturated heterocycles. The number of rotatable bonds is 2. The summed E-state index contributed by atoms with van der Waals surface area (Å²) in [5, 5.41) is 13.1. The van der Waals surface area contributed by atoms with E-state index in [1.807, 2.05) is 0 Å². The van der Waals surface area contributed by atoms with Crippen LogP contribution >= 0.6 is 0 Å². The van der Waals surface area contributed by atoms with Gasteiger partial charge in [0.05, 0.1) is 6.04 Å². The first-order chi connectivity index (χ1) is 7.50. The summed E-state index contributed by atoms with van der Waals surface area (Å²) in [4.78, 5) is 12.6. The fourth-order valence-electron chi connectivity index (χ4n) is 1.84. The van der Waals surface area contributed by atoms with E-state index in [1.165, 1.54) is 0 Å². The minimum absolute atomic E-state index is 0.287. The second-order valence-electron chi connectivity index (χ2n) is 3.81. The van der Waals surface area contributed by atoms with Gasteiger partial charge in [0.15, 0.2) is 5.82 Å². The van der Waals surface area contributed by atoms with Crippen LogP contribution in [0, 0.1) is 0 Å². The third-order valence-corrected chi connectivity index (χ3v) is 2.55. The van der Waals surface area contributed by atoms with Crippen LogP contribution in [0.4, 0.5) is 8.78 Å². The zero-order valence-corrected chi connectivity index (χ0v) is 8.65. The van der Waals surface area contributed by atoms with Crippen LogP contribution in [0.1, 0.15) is 31.6 Å². The number of H-pyrrole nitrogens is 1.